The SMILES string of the molecule is [B]N=POC(=O)C1=C(SCCc2cn3c(N)cccc3n2)[C@H](C)C2C(C(C)O)C(=O)N12. The van der Waals surface area contributed by atoms with Gasteiger partial charge in [0.2, 0.25) is 14.5 Å². The average Bonchev–Trinajstić information content (AvgIpc) is 3.24. The number of nitrogen functional groups attached to an aromatic ring is 1. The van der Waals surface area contributed by atoms with Gasteiger partial charge in [0.1, 0.15) is 17.2 Å². The van der Waals surface area contributed by atoms with Crippen molar-refractivity contribution in [1.29, 1.82) is 0 Å². The Morgan fingerprint density at radius 1 is 1.52 bits per heavy atom. The molecule has 31 heavy (non-hydrogen) atoms. The van der Waals surface area contributed by atoms with Gasteiger partial charge in [0.05, 0.1) is 23.8 Å². The second-order valence-electron chi connectivity index (χ2n) is 7.55. The fourth-order valence-electron chi connectivity index (χ4n) is 4.28. The van der Waals surface area contributed by atoms with Gasteiger partial charge < -0.3 is 24.9 Å². The van der Waals surface area contributed by atoms with E-state index in [1.54, 1.807) is 6.92 Å². The molecule has 0 bridgehead atoms. The van der Waals surface area contributed by atoms with Gasteiger partial charge in [0.25, 0.3) is 7.98 Å². The number of aliphatic hydroxyl groups excluding tert-OH is 1. The third kappa shape index (κ3) is 3.75. The predicted molar refractivity (Wildman–Crippen MR) is 119 cm³/mol. The van der Waals surface area contributed by atoms with Crippen molar-refractivity contribution in [3.63, 3.8) is 0 Å². The van der Waals surface area contributed by atoms with Crippen molar-refractivity contribution in [2.75, 3.05) is 11.5 Å². The summed E-state index contributed by atoms with van der Waals surface area (Å²) < 4.78 is 10.2. The summed E-state index contributed by atoms with van der Waals surface area (Å²) in [5.41, 5.74) is 7.85. The number of aliphatic hydroxyl groups is 1. The minimum absolute atomic E-state index is 0.0371. The highest BCUT2D eigenvalue weighted by molar-refractivity contribution is 8.03. The summed E-state index contributed by atoms with van der Waals surface area (Å²) in [6, 6.07) is 5.28. The number of fused-ring (bicyclic) bond motifs is 2. The van der Waals surface area contributed by atoms with Crippen LogP contribution in [0, 0.1) is 11.8 Å². The number of anilines is 1. The lowest BCUT2D eigenvalue weighted by molar-refractivity contribution is -0.162. The molecule has 2 aliphatic rings. The van der Waals surface area contributed by atoms with E-state index in [1.165, 1.54) is 16.7 Å². The average molecular weight is 457 g/mol. The summed E-state index contributed by atoms with van der Waals surface area (Å²) in [6.07, 6.45) is 1.76. The zero-order chi connectivity index (χ0) is 22.3. The number of carbonyl (C=O) groups is 2. The molecule has 4 atom stereocenters. The predicted octanol–water partition coefficient (Wildman–Crippen LogP) is 1.93. The first-order valence-corrected chi connectivity index (χ1v) is 11.5. The first-order valence-electron chi connectivity index (χ1n) is 9.77. The van der Waals surface area contributed by atoms with E-state index in [0.29, 0.717) is 18.0 Å². The number of hydrogen-bond donors (Lipinski definition) is 2. The highest BCUT2D eigenvalue weighted by atomic mass is 32.2. The number of nitrogens with two attached hydrogens (primary N) is 1. The molecule has 160 valence electrons. The van der Waals surface area contributed by atoms with Crippen LogP contribution in [0.15, 0.2) is 39.7 Å². The molecule has 2 aromatic heterocycles. The first kappa shape index (κ1) is 21.9. The van der Waals surface area contributed by atoms with E-state index < -0.39 is 18.0 Å². The molecule has 4 rings (SSSR count). The van der Waals surface area contributed by atoms with Crippen LogP contribution in [0.25, 0.3) is 5.65 Å². The molecular formula is C19H21BN5O4PS. The quantitative estimate of drug-likeness (QED) is 0.370. The summed E-state index contributed by atoms with van der Waals surface area (Å²) in [5.74, 6) is -0.301. The van der Waals surface area contributed by atoms with Crippen LogP contribution in [0.1, 0.15) is 19.5 Å². The minimum Gasteiger partial charge on any atom is -0.393 e. The lowest BCUT2D eigenvalue weighted by atomic mass is 9.79. The van der Waals surface area contributed by atoms with Crippen LogP contribution in [0.2, 0.25) is 0 Å². The van der Waals surface area contributed by atoms with Gasteiger partial charge in [-0.2, -0.15) is 0 Å². The van der Waals surface area contributed by atoms with E-state index in [2.05, 4.69) is 9.64 Å². The van der Waals surface area contributed by atoms with Crippen molar-refractivity contribution >= 4 is 51.7 Å². The molecule has 1 saturated heterocycles. The van der Waals surface area contributed by atoms with Crippen molar-refractivity contribution < 1.29 is 19.2 Å². The van der Waals surface area contributed by atoms with Crippen LogP contribution in [0.5, 0.6) is 0 Å². The Labute approximate surface area is 186 Å². The fraction of sp³-hybridized carbons (Fsp3) is 0.421. The van der Waals surface area contributed by atoms with Gasteiger partial charge in [0.15, 0.2) is 0 Å². The number of pyridine rings is 1. The molecule has 0 aliphatic carbocycles. The molecule has 9 nitrogen and oxygen atoms in total. The number of amides is 1. The minimum atomic E-state index is -0.793. The zero-order valence-electron chi connectivity index (χ0n) is 17.0. The van der Waals surface area contributed by atoms with Crippen LogP contribution < -0.4 is 5.73 Å². The Bertz CT molecular complexity index is 1100. The molecule has 3 unspecified atom stereocenters. The molecule has 2 radical (unpaired) electrons. The van der Waals surface area contributed by atoms with E-state index >= 15 is 0 Å². The first-order chi connectivity index (χ1) is 14.8. The van der Waals surface area contributed by atoms with Crippen molar-refractivity contribution in [3.05, 3.63) is 40.7 Å². The van der Waals surface area contributed by atoms with Crippen molar-refractivity contribution in [3.8, 4) is 0 Å². The van der Waals surface area contributed by atoms with Crippen molar-refractivity contribution in [2.24, 2.45) is 16.5 Å². The van der Waals surface area contributed by atoms with Gasteiger partial charge in [-0.3, -0.25) is 9.20 Å². The zero-order valence-corrected chi connectivity index (χ0v) is 18.7. The highest BCUT2D eigenvalue weighted by Crippen LogP contribution is 2.51. The third-order valence-electron chi connectivity index (χ3n) is 5.66. The Kier molecular flexibility index (Phi) is 6.10. The van der Waals surface area contributed by atoms with Gasteiger partial charge in [-0.05, 0) is 19.1 Å². The van der Waals surface area contributed by atoms with E-state index in [9.17, 15) is 14.7 Å². The van der Waals surface area contributed by atoms with Gasteiger partial charge in [0, 0.05) is 29.2 Å². The number of rotatable bonds is 7. The van der Waals surface area contributed by atoms with Gasteiger partial charge in [-0.1, -0.05) is 13.0 Å². The van der Waals surface area contributed by atoms with E-state index in [-0.39, 0.29) is 32.2 Å². The summed E-state index contributed by atoms with van der Waals surface area (Å²) in [7, 11) is 5.04. The number of aromatic nitrogens is 2. The van der Waals surface area contributed by atoms with Crippen molar-refractivity contribution in [2.45, 2.75) is 32.4 Å². The smallest absolute Gasteiger partial charge is 0.365 e. The molecule has 1 fully saturated rings. The van der Waals surface area contributed by atoms with E-state index in [4.69, 9.17) is 18.2 Å². The van der Waals surface area contributed by atoms with Crippen molar-refractivity contribution in [1.82, 2.24) is 14.3 Å². The van der Waals surface area contributed by atoms with Crippen LogP contribution in [-0.4, -0.2) is 57.1 Å². The number of β-lactam (4-membered cyclic amide) rings is 1. The number of hydrogen-bond acceptors (Lipinski definition) is 8. The maximum atomic E-state index is 12.7. The fourth-order valence-corrected chi connectivity index (χ4v) is 5.74. The summed E-state index contributed by atoms with van der Waals surface area (Å²) >= 11 is 1.49. The van der Waals surface area contributed by atoms with Crippen LogP contribution in [0.4, 0.5) is 5.82 Å². The van der Waals surface area contributed by atoms with E-state index in [1.807, 2.05) is 35.7 Å². The van der Waals surface area contributed by atoms with Gasteiger partial charge >= 0.3 is 5.97 Å². The number of aryl methyl sites for hydroxylation is 1. The molecule has 2 aliphatic heterocycles. The third-order valence-corrected chi connectivity index (χ3v) is 7.29. The standard InChI is InChI=1S/C19H21BN5O4PS/c1-9-15-14(10(2)26)18(27)25(15)16(19(28)29-30-23-20)17(9)31-7-6-11-8-24-12(21)4-3-5-13(24)22-11/h3-5,8-10,14-15,26H,6-7,21H2,1-2H3/t9-,10?,14?,15?/m1/s1. The topological polar surface area (TPSA) is 123 Å². The van der Waals surface area contributed by atoms with Crippen LogP contribution in [-0.2, 0) is 20.5 Å². The molecule has 0 spiro atoms. The lowest BCUT2D eigenvalue weighted by Crippen LogP contribution is -2.63. The molecular weight excluding hydrogens is 436 g/mol. The summed E-state index contributed by atoms with van der Waals surface area (Å²) in [6.45, 7) is 3.55. The van der Waals surface area contributed by atoms with Crippen LogP contribution >= 0.6 is 20.4 Å². The molecule has 0 aromatic carbocycles. The Balaban J connectivity index is 1.54. The second-order valence-corrected chi connectivity index (χ2v) is 9.27. The largest absolute Gasteiger partial charge is 0.393 e. The Morgan fingerprint density at radius 2 is 2.29 bits per heavy atom. The second kappa shape index (κ2) is 8.65. The maximum absolute atomic E-state index is 12.7. The maximum Gasteiger partial charge on any atom is 0.365 e. The molecule has 3 N–H and O–H groups in total. The van der Waals surface area contributed by atoms with Gasteiger partial charge in [-0.25, -0.2) is 9.78 Å². The molecule has 12 heteroatoms. The number of thioether (sulfide) groups is 1. The van der Waals surface area contributed by atoms with Crippen LogP contribution in [0.3, 0.4) is 0 Å². The molecule has 0 saturated carbocycles. The summed E-state index contributed by atoms with van der Waals surface area (Å²) in [5, 5.41) is 10.0. The van der Waals surface area contributed by atoms with Gasteiger partial charge in [-0.15, -0.1) is 11.8 Å². The number of imidazole rings is 1. The highest BCUT2D eigenvalue weighted by Gasteiger charge is 2.60. The normalized spacial score (nSPS) is 24.0. The Morgan fingerprint density at radius 3 is 2.97 bits per heavy atom. The molecule has 4 heterocycles. The number of nitrogens with zero attached hydrogens (tertiary/aromatic N) is 4. The molecule has 2 aromatic rings. The summed E-state index contributed by atoms with van der Waals surface area (Å²) in [4.78, 5) is 32.1. The lowest BCUT2D eigenvalue weighted by Gasteiger charge is -2.46. The molecule has 1 amide bonds. The van der Waals surface area contributed by atoms with E-state index in [0.717, 1.165) is 16.2 Å². The monoisotopic (exact) mass is 457 g/mol. The number of carbonyl (C=O) groups excluding carboxylic acids is 2. The Hall–Kier alpha value is -2.36.